The molecule has 5 saturated carbocycles. The van der Waals surface area contributed by atoms with Crippen molar-refractivity contribution in [1.29, 1.82) is 0 Å². The van der Waals surface area contributed by atoms with Crippen molar-refractivity contribution in [2.75, 3.05) is 45.9 Å². The number of amides is 3. The molecular weight excluding hydrogens is 1190 g/mol. The van der Waals surface area contributed by atoms with Crippen LogP contribution in [0.3, 0.4) is 0 Å². The summed E-state index contributed by atoms with van der Waals surface area (Å²) in [4.78, 5) is 53.2. The zero-order chi connectivity index (χ0) is 51.0. The van der Waals surface area contributed by atoms with E-state index >= 15 is 0 Å². The molecule has 0 bridgehead atoms. The Labute approximate surface area is 492 Å². The molecule has 9 aliphatic rings. The number of nitrogens with zero attached hydrogens (tertiary/aromatic N) is 3. The number of benzene rings is 3. The summed E-state index contributed by atoms with van der Waals surface area (Å²) in [5.41, 5.74) is 2.75. The Bertz CT molecular complexity index is 2150. The summed E-state index contributed by atoms with van der Waals surface area (Å²) in [6.45, 7) is 6.43. The maximum absolute atomic E-state index is 12.4. The molecule has 3 amide bonds. The van der Waals surface area contributed by atoms with Crippen LogP contribution in [-0.2, 0) is 56.3 Å². The fourth-order valence-electron chi connectivity index (χ4n) is 13.2. The van der Waals surface area contributed by atoms with Crippen molar-refractivity contribution >= 4 is 67.5 Å². The predicted octanol–water partition coefficient (Wildman–Crippen LogP) is 8.70. The molecule has 16 heteroatoms. The van der Waals surface area contributed by atoms with E-state index in [4.69, 9.17) is 18.9 Å². The zero-order valence-corrected chi connectivity index (χ0v) is 49.8. The molecule has 2 unspecified atom stereocenters. The Balaban J connectivity index is 0.000000170. The summed E-state index contributed by atoms with van der Waals surface area (Å²) in [7, 11) is 0. The molecule has 3 aromatic rings. The predicted molar refractivity (Wildman–Crippen MR) is 290 cm³/mol. The number of ketones is 1. The van der Waals surface area contributed by atoms with Gasteiger partial charge in [-0.15, -0.1) is 0 Å². The topological polar surface area (TPSA) is 138 Å². The fourth-order valence-corrected chi connectivity index (χ4v) is 13.2. The average molecular weight is 1270 g/mol. The van der Waals surface area contributed by atoms with Crippen molar-refractivity contribution in [2.45, 2.75) is 140 Å². The van der Waals surface area contributed by atoms with Gasteiger partial charge in [-0.2, -0.15) is 12.8 Å². The van der Waals surface area contributed by atoms with Gasteiger partial charge in [0.25, 0.3) is 0 Å². The minimum Gasteiger partial charge on any atom is 2.00 e. The number of hydrogen-bond donors (Lipinski definition) is 1. The van der Waals surface area contributed by atoms with Crippen LogP contribution in [0.4, 0.5) is 14.4 Å². The van der Waals surface area contributed by atoms with Crippen molar-refractivity contribution in [1.82, 2.24) is 14.7 Å². The Hall–Kier alpha value is -2.44. The first-order valence-corrected chi connectivity index (χ1v) is 30.3. The van der Waals surface area contributed by atoms with Gasteiger partial charge in [0.05, 0.1) is 17.8 Å². The van der Waals surface area contributed by atoms with Gasteiger partial charge in [-0.25, -0.2) is 14.4 Å². The van der Waals surface area contributed by atoms with E-state index in [0.29, 0.717) is 93.0 Å². The summed E-state index contributed by atoms with van der Waals surface area (Å²) in [5, 5.41) is 11.1. The van der Waals surface area contributed by atoms with Crippen LogP contribution in [0, 0.1) is 47.8 Å². The van der Waals surface area contributed by atoms with E-state index < -0.39 is 5.60 Å². The van der Waals surface area contributed by atoms with Gasteiger partial charge in [-0.3, -0.25) is 4.79 Å². The molecule has 9 fully saturated rings. The zero-order valence-electron chi connectivity index (χ0n) is 43.7. The summed E-state index contributed by atoms with van der Waals surface area (Å²) in [5.74, 6) is 3.87. The van der Waals surface area contributed by atoms with Gasteiger partial charge in [0.2, 0.25) is 0 Å². The number of Topliss-reactive ketones (excluding diaryl/α,β-unsaturated/α-hetero) is 1. The number of ether oxygens (including phenoxy) is 4. The minimum atomic E-state index is -0.489. The molecule has 75 heavy (non-hydrogen) atoms. The Kier molecular flexibility index (Phi) is 25.4. The summed E-state index contributed by atoms with van der Waals surface area (Å²) in [6.07, 6.45) is 21.7. The third-order valence-electron chi connectivity index (χ3n) is 16.9. The third kappa shape index (κ3) is 18.6. The van der Waals surface area contributed by atoms with Crippen molar-refractivity contribution in [3.8, 4) is 0 Å². The first-order valence-electron chi connectivity index (χ1n) is 27.3. The number of halogens is 2. The monoisotopic (exact) mass is 1270 g/mol. The van der Waals surface area contributed by atoms with Gasteiger partial charge in [0.15, 0.2) is 0 Å². The van der Waals surface area contributed by atoms with Crippen LogP contribution in [0.2, 0.25) is 0 Å². The first-order chi connectivity index (χ1) is 35.6. The first kappa shape index (κ1) is 61.8. The average Bonchev–Trinajstić information content (AvgIpc) is 3.97. The van der Waals surface area contributed by atoms with Crippen molar-refractivity contribution in [3.63, 3.8) is 0 Å². The number of fused-ring (bicyclic) bond motifs is 3. The van der Waals surface area contributed by atoms with E-state index in [1.165, 1.54) is 64.2 Å². The van der Waals surface area contributed by atoms with Crippen molar-refractivity contribution in [3.05, 3.63) is 114 Å². The molecular formula is C59H78BrCuIMgN3O9. The van der Waals surface area contributed by atoms with Crippen LogP contribution in [-0.4, -0.2) is 124 Å². The van der Waals surface area contributed by atoms with Crippen LogP contribution >= 0.6 is 20.3 Å². The number of aliphatic hydroxyl groups is 1. The number of carbonyl (C=O) groups is 4. The minimum absolute atomic E-state index is 0. The number of hydrogen-bond acceptors (Lipinski definition) is 9. The van der Waals surface area contributed by atoms with Gasteiger partial charge in [0, 0.05) is 52.1 Å². The van der Waals surface area contributed by atoms with E-state index in [-0.39, 0.29) is 63.9 Å². The molecule has 1 spiro atoms. The van der Waals surface area contributed by atoms with Crippen molar-refractivity contribution in [2.24, 2.45) is 41.4 Å². The molecule has 3 aromatic carbocycles. The Morgan fingerprint density at radius 1 is 0.573 bits per heavy atom. The van der Waals surface area contributed by atoms with E-state index in [9.17, 15) is 24.3 Å². The van der Waals surface area contributed by atoms with Crippen LogP contribution in [0.1, 0.15) is 126 Å². The molecule has 4 heterocycles. The fraction of sp³-hybridized carbons (Fsp3) is 0.610. The number of epoxide rings is 1. The van der Waals surface area contributed by atoms with Crippen LogP contribution < -0.4 is 17.0 Å². The molecule has 0 aromatic heterocycles. The summed E-state index contributed by atoms with van der Waals surface area (Å²) in [6, 6.07) is 29.3. The van der Waals surface area contributed by atoms with Gasteiger partial charge in [-0.05, 0) is 90.2 Å². The van der Waals surface area contributed by atoms with Crippen LogP contribution in [0.25, 0.3) is 0 Å². The molecule has 12 rings (SSSR count). The smallest absolute Gasteiger partial charge is 2.00 e. The standard InChI is InChI=1S/C22H31NO3.C16H19NO3.C15H17NO3.C6H11.BrH.Cu.HI.Mg/c24-21(26-16-18-9-5-2-6-10-18)23-14-19-12-22(25,13-20(19)15-23)11-17-7-3-1-4-8-17;18-15(19-10-12-4-2-1-3-5-12)17-8-13-6-16(11-20-16)7-14(13)9-17;17-14-6-12-8-16(9-13(12)7-14)15(18)19-10-11-4-2-1-3-5-11;1-2-4-6-5-3-1;;;;/h2,5-6,9-10,17,19-20,25H,1,3-4,7-8,11-16H2;1-5,13-14H,6-11H2;1-5,12-13H,6-10H2;1H,2-6H2;1H;;1H;/q;;;-1;;+1;;+2/p-2/t19-,20+,22?;13-,14+,16?;12-,13+;;;;;. The summed E-state index contributed by atoms with van der Waals surface area (Å²) >= 11 is 5.87. The number of likely N-dealkylation sites (tertiary alicyclic amines) is 3. The van der Waals surface area contributed by atoms with Crippen molar-refractivity contribution < 1.29 is 73.0 Å². The van der Waals surface area contributed by atoms with Crippen LogP contribution in [0.5, 0.6) is 0 Å². The van der Waals surface area contributed by atoms with Gasteiger partial charge >= 0.3 is 74.4 Å². The maximum Gasteiger partial charge on any atom is 2.00 e. The molecule has 410 valence electrons. The second-order valence-corrected chi connectivity index (χ2v) is 22.5. The molecule has 5 aliphatic carbocycles. The third-order valence-corrected chi connectivity index (χ3v) is 16.9. The second-order valence-electron chi connectivity index (χ2n) is 22.5. The largest absolute Gasteiger partial charge is 2.00 e. The maximum atomic E-state index is 12.4. The van der Waals surface area contributed by atoms with E-state index in [1.54, 1.807) is 25.2 Å². The second kappa shape index (κ2) is 30.8. The quantitative estimate of drug-likeness (QED) is 0.0772. The van der Waals surface area contributed by atoms with E-state index in [1.807, 2.05) is 101 Å². The molecule has 12 nitrogen and oxygen atoms in total. The molecule has 4 saturated heterocycles. The molecule has 0 radical (unpaired) electrons. The van der Waals surface area contributed by atoms with Crippen LogP contribution in [0.15, 0.2) is 91.0 Å². The van der Waals surface area contributed by atoms with Gasteiger partial charge in [-0.1, -0.05) is 142 Å². The molecule has 4 aliphatic heterocycles. The Morgan fingerprint density at radius 3 is 1.25 bits per heavy atom. The van der Waals surface area contributed by atoms with E-state index in [0.717, 1.165) is 81.6 Å². The van der Waals surface area contributed by atoms with Gasteiger partial charge < -0.3 is 62.2 Å². The number of carbonyl (C=O) groups excluding carboxylic acids is 4. The van der Waals surface area contributed by atoms with E-state index in [2.05, 4.69) is 19.2 Å². The Morgan fingerprint density at radius 2 is 0.920 bits per heavy atom. The number of rotatable bonds is 8. The SMILES string of the molecule is O=C(OCc1ccccc1)N1C[C@@H]2CC(O)(CC3CCCCC3)C[C@@H]2C1.O=C(OCc1ccccc1)N1C[C@@H]2CC3(CO3)C[C@@H]2C1.O=C1C[C@@H]2CN(C(=O)OCc3ccccc3)C[C@@H]2C1.[Br-].[CH-]1CCCCC1.[Cu][I].[Mg+2]. The summed E-state index contributed by atoms with van der Waals surface area (Å²) < 4.78 is 21.7. The molecule has 8 atom stereocenters. The molecule has 1 N–H and O–H groups in total. The normalized spacial score (nSPS) is 28.6. The van der Waals surface area contributed by atoms with Gasteiger partial charge in [0.1, 0.15) is 25.6 Å².